The van der Waals surface area contributed by atoms with Gasteiger partial charge in [-0.3, -0.25) is 4.79 Å². The van der Waals surface area contributed by atoms with Crippen LogP contribution in [-0.2, 0) is 4.79 Å². The molecule has 13 heavy (non-hydrogen) atoms. The lowest BCUT2D eigenvalue weighted by atomic mass is 10.1. The molecule has 0 heterocycles. The third kappa shape index (κ3) is 7.97. The van der Waals surface area contributed by atoms with Crippen molar-refractivity contribution in [3.63, 3.8) is 0 Å². The van der Waals surface area contributed by atoms with Crippen molar-refractivity contribution in [2.24, 2.45) is 11.8 Å². The van der Waals surface area contributed by atoms with Gasteiger partial charge in [0, 0.05) is 26.1 Å². The van der Waals surface area contributed by atoms with Crippen molar-refractivity contribution in [2.75, 3.05) is 19.6 Å². The SMILES string of the molecule is CC(C)CN(CC[C]=O)CC(C)C. The van der Waals surface area contributed by atoms with Crippen LogP contribution in [0.25, 0.3) is 0 Å². The molecule has 0 aliphatic rings. The quantitative estimate of drug-likeness (QED) is 0.604. The molecule has 0 N–H and O–H groups in total. The Balaban J connectivity index is 3.79. The van der Waals surface area contributed by atoms with E-state index in [1.165, 1.54) is 0 Å². The topological polar surface area (TPSA) is 20.3 Å². The molecule has 0 fully saturated rings. The number of carbonyl (C=O) groups excluding carboxylic acids is 1. The number of hydrogen-bond acceptors (Lipinski definition) is 2. The van der Waals surface area contributed by atoms with E-state index in [1.807, 2.05) is 6.29 Å². The Bertz CT molecular complexity index is 122. The maximum absolute atomic E-state index is 10.1. The highest BCUT2D eigenvalue weighted by atomic mass is 16.1. The van der Waals surface area contributed by atoms with Gasteiger partial charge in [0.2, 0.25) is 0 Å². The molecule has 0 saturated carbocycles. The van der Waals surface area contributed by atoms with Gasteiger partial charge < -0.3 is 4.90 Å². The minimum absolute atomic E-state index is 0.541. The summed E-state index contributed by atoms with van der Waals surface area (Å²) in [6, 6.07) is 0. The minimum atomic E-state index is 0.541. The van der Waals surface area contributed by atoms with Gasteiger partial charge in [0.1, 0.15) is 0 Å². The van der Waals surface area contributed by atoms with Crippen LogP contribution >= 0.6 is 0 Å². The average molecular weight is 184 g/mol. The first-order chi connectivity index (χ1) is 6.06. The Morgan fingerprint density at radius 2 is 1.54 bits per heavy atom. The molecule has 0 spiro atoms. The first-order valence-electron chi connectivity index (χ1n) is 5.13. The molecular formula is C11H22NO. The summed E-state index contributed by atoms with van der Waals surface area (Å²) in [5.74, 6) is 1.34. The van der Waals surface area contributed by atoms with Crippen molar-refractivity contribution in [1.29, 1.82) is 0 Å². The van der Waals surface area contributed by atoms with E-state index < -0.39 is 0 Å². The summed E-state index contributed by atoms with van der Waals surface area (Å²) in [6.07, 6.45) is 2.49. The van der Waals surface area contributed by atoms with Gasteiger partial charge in [0.15, 0.2) is 6.29 Å². The molecule has 0 amide bonds. The van der Waals surface area contributed by atoms with Gasteiger partial charge in [-0.05, 0) is 11.8 Å². The van der Waals surface area contributed by atoms with Crippen LogP contribution in [0.1, 0.15) is 34.1 Å². The summed E-state index contributed by atoms with van der Waals surface area (Å²) in [6.45, 7) is 11.9. The van der Waals surface area contributed by atoms with Gasteiger partial charge in [0.25, 0.3) is 0 Å². The minimum Gasteiger partial charge on any atom is -0.302 e. The number of rotatable bonds is 7. The van der Waals surface area contributed by atoms with Gasteiger partial charge >= 0.3 is 0 Å². The van der Waals surface area contributed by atoms with E-state index in [4.69, 9.17) is 0 Å². The smallest absolute Gasteiger partial charge is 0.199 e. The first-order valence-corrected chi connectivity index (χ1v) is 5.13. The van der Waals surface area contributed by atoms with Crippen LogP contribution in [0.15, 0.2) is 0 Å². The van der Waals surface area contributed by atoms with Crippen molar-refractivity contribution in [1.82, 2.24) is 4.90 Å². The van der Waals surface area contributed by atoms with Crippen LogP contribution in [-0.4, -0.2) is 30.8 Å². The Labute approximate surface area is 82.3 Å². The fourth-order valence-electron chi connectivity index (χ4n) is 1.49. The van der Waals surface area contributed by atoms with Crippen LogP contribution in [0.4, 0.5) is 0 Å². The maximum Gasteiger partial charge on any atom is 0.199 e. The van der Waals surface area contributed by atoms with Crippen LogP contribution in [0.5, 0.6) is 0 Å². The number of nitrogens with zero attached hydrogens (tertiary/aromatic N) is 1. The normalized spacial score (nSPS) is 11.6. The van der Waals surface area contributed by atoms with Gasteiger partial charge in [-0.25, -0.2) is 0 Å². The monoisotopic (exact) mass is 184 g/mol. The zero-order valence-corrected chi connectivity index (χ0v) is 9.34. The molecule has 0 aliphatic carbocycles. The summed E-state index contributed by atoms with van der Waals surface area (Å²) < 4.78 is 0. The summed E-state index contributed by atoms with van der Waals surface area (Å²) in [5.41, 5.74) is 0. The van der Waals surface area contributed by atoms with E-state index >= 15 is 0 Å². The molecule has 1 radical (unpaired) electrons. The zero-order chi connectivity index (χ0) is 10.3. The predicted molar refractivity (Wildman–Crippen MR) is 56.4 cm³/mol. The molecular weight excluding hydrogens is 162 g/mol. The van der Waals surface area contributed by atoms with Gasteiger partial charge in [-0.15, -0.1) is 0 Å². The molecule has 0 unspecified atom stereocenters. The summed E-state index contributed by atoms with van der Waals surface area (Å²) in [4.78, 5) is 12.5. The van der Waals surface area contributed by atoms with E-state index in [0.717, 1.165) is 19.6 Å². The highest BCUT2D eigenvalue weighted by molar-refractivity contribution is 5.50. The second kappa shape index (κ2) is 7.07. The fourth-order valence-corrected chi connectivity index (χ4v) is 1.49. The average Bonchev–Trinajstić information content (AvgIpc) is 1.98. The molecule has 77 valence electrons. The van der Waals surface area contributed by atoms with Gasteiger partial charge in [-0.2, -0.15) is 0 Å². The Kier molecular flexibility index (Phi) is 6.87. The summed E-state index contributed by atoms with van der Waals surface area (Å²) in [7, 11) is 0. The Morgan fingerprint density at radius 1 is 1.08 bits per heavy atom. The maximum atomic E-state index is 10.1. The van der Waals surface area contributed by atoms with E-state index in [0.29, 0.717) is 18.3 Å². The van der Waals surface area contributed by atoms with Crippen molar-refractivity contribution in [3.8, 4) is 0 Å². The van der Waals surface area contributed by atoms with Crippen LogP contribution < -0.4 is 0 Å². The van der Waals surface area contributed by atoms with E-state index in [9.17, 15) is 4.79 Å². The Morgan fingerprint density at radius 3 is 1.85 bits per heavy atom. The van der Waals surface area contributed by atoms with Crippen LogP contribution in [0.2, 0.25) is 0 Å². The highest BCUT2D eigenvalue weighted by Crippen LogP contribution is 2.03. The van der Waals surface area contributed by atoms with Crippen LogP contribution in [0, 0.1) is 11.8 Å². The molecule has 2 heteroatoms. The lowest BCUT2D eigenvalue weighted by Crippen LogP contribution is -2.32. The lowest BCUT2D eigenvalue weighted by molar-refractivity contribution is 0.224. The van der Waals surface area contributed by atoms with Crippen molar-refractivity contribution in [2.45, 2.75) is 34.1 Å². The molecule has 0 rings (SSSR count). The fraction of sp³-hybridized carbons (Fsp3) is 0.909. The molecule has 0 saturated heterocycles. The van der Waals surface area contributed by atoms with E-state index in [1.54, 1.807) is 0 Å². The highest BCUT2D eigenvalue weighted by Gasteiger charge is 2.08. The molecule has 0 aromatic heterocycles. The van der Waals surface area contributed by atoms with Crippen molar-refractivity contribution < 1.29 is 4.79 Å². The third-order valence-corrected chi connectivity index (χ3v) is 1.78. The van der Waals surface area contributed by atoms with Crippen molar-refractivity contribution in [3.05, 3.63) is 0 Å². The molecule has 0 aliphatic heterocycles. The summed E-state index contributed by atoms with van der Waals surface area (Å²) >= 11 is 0. The third-order valence-electron chi connectivity index (χ3n) is 1.78. The van der Waals surface area contributed by atoms with Crippen molar-refractivity contribution >= 4 is 6.29 Å². The molecule has 0 aromatic carbocycles. The van der Waals surface area contributed by atoms with Gasteiger partial charge in [-0.1, -0.05) is 27.7 Å². The molecule has 0 bridgehead atoms. The second-order valence-electron chi connectivity index (χ2n) is 4.44. The zero-order valence-electron chi connectivity index (χ0n) is 9.34. The second-order valence-corrected chi connectivity index (χ2v) is 4.44. The molecule has 0 atom stereocenters. The molecule has 0 aromatic rings. The van der Waals surface area contributed by atoms with E-state index in [2.05, 4.69) is 32.6 Å². The Hall–Kier alpha value is -0.370. The first kappa shape index (κ1) is 12.6. The van der Waals surface area contributed by atoms with Gasteiger partial charge in [0.05, 0.1) is 0 Å². The molecule has 2 nitrogen and oxygen atoms in total. The summed E-state index contributed by atoms with van der Waals surface area (Å²) in [5, 5.41) is 0. The van der Waals surface area contributed by atoms with E-state index in [-0.39, 0.29) is 0 Å². The predicted octanol–water partition coefficient (Wildman–Crippen LogP) is 2.10. The lowest BCUT2D eigenvalue weighted by Gasteiger charge is -2.24. The standard InChI is InChI=1S/C11H22NO/c1-10(2)8-12(6-5-7-13)9-11(3)4/h10-11H,5-6,8-9H2,1-4H3. The largest absolute Gasteiger partial charge is 0.302 e. The number of hydrogen-bond donors (Lipinski definition) is 0. The van der Waals surface area contributed by atoms with Crippen LogP contribution in [0.3, 0.4) is 0 Å².